The quantitative estimate of drug-likeness (QED) is 0.886. The molecule has 2 N–H and O–H groups in total. The maximum Gasteiger partial charge on any atom is 0.241 e. The topological polar surface area (TPSA) is 67.4 Å². The highest BCUT2D eigenvalue weighted by Crippen LogP contribution is 2.26. The summed E-state index contributed by atoms with van der Waals surface area (Å²) in [5.41, 5.74) is 1.52. The van der Waals surface area contributed by atoms with Gasteiger partial charge in [0.25, 0.3) is 0 Å². The number of sulfonamides is 1. The first kappa shape index (κ1) is 16.3. The van der Waals surface area contributed by atoms with Crippen LogP contribution in [0.1, 0.15) is 24.5 Å². The van der Waals surface area contributed by atoms with Gasteiger partial charge in [-0.1, -0.05) is 6.92 Å². The average Bonchev–Trinajstić information content (AvgIpc) is 2.43. The molecule has 5 nitrogen and oxygen atoms in total. The summed E-state index contributed by atoms with van der Waals surface area (Å²) in [6.07, 6.45) is 0.814. The van der Waals surface area contributed by atoms with Gasteiger partial charge in [0.05, 0.1) is 12.0 Å². The van der Waals surface area contributed by atoms with Gasteiger partial charge in [-0.15, -0.1) is 0 Å². The molecule has 1 fully saturated rings. The number of hydrogen-bond acceptors (Lipinski definition) is 4. The van der Waals surface area contributed by atoms with Gasteiger partial charge in [-0.3, -0.25) is 0 Å². The number of nitrogens with one attached hydrogen (secondary N) is 2. The smallest absolute Gasteiger partial charge is 0.241 e. The van der Waals surface area contributed by atoms with E-state index in [4.69, 9.17) is 4.74 Å². The lowest BCUT2D eigenvalue weighted by Crippen LogP contribution is -2.48. The van der Waals surface area contributed by atoms with Crippen molar-refractivity contribution in [3.05, 3.63) is 23.3 Å². The molecule has 1 aliphatic rings. The van der Waals surface area contributed by atoms with E-state index in [0.29, 0.717) is 16.2 Å². The Labute approximate surface area is 127 Å². The molecule has 1 aromatic rings. The number of aryl methyl sites for hydroxylation is 2. The van der Waals surface area contributed by atoms with Crippen LogP contribution in [-0.2, 0) is 10.0 Å². The Bertz CT molecular complexity index is 614. The summed E-state index contributed by atoms with van der Waals surface area (Å²) in [6, 6.07) is 3.44. The van der Waals surface area contributed by atoms with Crippen LogP contribution in [0.15, 0.2) is 17.0 Å². The van der Waals surface area contributed by atoms with Gasteiger partial charge in [-0.25, -0.2) is 13.1 Å². The minimum atomic E-state index is -3.50. The first-order chi connectivity index (χ1) is 9.85. The van der Waals surface area contributed by atoms with Crippen LogP contribution in [0.3, 0.4) is 0 Å². The molecular formula is C15H24N2O3S. The van der Waals surface area contributed by atoms with Crippen molar-refractivity contribution in [3.8, 4) is 5.75 Å². The summed E-state index contributed by atoms with van der Waals surface area (Å²) in [5, 5.41) is 3.27. The van der Waals surface area contributed by atoms with Crippen LogP contribution in [-0.4, -0.2) is 34.7 Å². The Balaban J connectivity index is 2.29. The van der Waals surface area contributed by atoms with Crippen LogP contribution in [0.4, 0.5) is 0 Å². The predicted octanol–water partition coefficient (Wildman–Crippen LogP) is 1.59. The SMILES string of the molecule is COc1cc(C)c(S(=O)(=O)NC2CCNCC2C)cc1C. The van der Waals surface area contributed by atoms with Crippen molar-refractivity contribution in [2.45, 2.75) is 38.1 Å². The van der Waals surface area contributed by atoms with E-state index in [1.807, 2.05) is 6.92 Å². The summed E-state index contributed by atoms with van der Waals surface area (Å²) in [4.78, 5) is 0.339. The molecule has 2 unspecified atom stereocenters. The molecule has 6 heteroatoms. The minimum absolute atomic E-state index is 0.0157. The van der Waals surface area contributed by atoms with Gasteiger partial charge < -0.3 is 10.1 Å². The van der Waals surface area contributed by atoms with E-state index >= 15 is 0 Å². The molecule has 1 saturated heterocycles. The van der Waals surface area contributed by atoms with Crippen molar-refractivity contribution >= 4 is 10.0 Å². The molecule has 0 saturated carbocycles. The van der Waals surface area contributed by atoms with Crippen LogP contribution >= 0.6 is 0 Å². The lowest BCUT2D eigenvalue weighted by molar-refractivity contribution is 0.328. The average molecular weight is 312 g/mol. The van der Waals surface area contributed by atoms with E-state index in [0.717, 1.165) is 25.1 Å². The summed E-state index contributed by atoms with van der Waals surface area (Å²) in [5.74, 6) is 0.995. The summed E-state index contributed by atoms with van der Waals surface area (Å²) in [6.45, 7) is 7.39. The molecule has 0 aliphatic carbocycles. The second-order valence-corrected chi connectivity index (χ2v) is 7.47. The maximum atomic E-state index is 12.6. The van der Waals surface area contributed by atoms with Gasteiger partial charge in [-0.2, -0.15) is 0 Å². The van der Waals surface area contributed by atoms with Gasteiger partial charge in [0.15, 0.2) is 0 Å². The highest BCUT2D eigenvalue weighted by molar-refractivity contribution is 7.89. The van der Waals surface area contributed by atoms with Crippen LogP contribution in [0.25, 0.3) is 0 Å². The molecule has 0 aromatic heterocycles. The lowest BCUT2D eigenvalue weighted by atomic mass is 9.97. The Morgan fingerprint density at radius 1 is 1.29 bits per heavy atom. The van der Waals surface area contributed by atoms with Crippen molar-refractivity contribution in [3.63, 3.8) is 0 Å². The molecule has 2 atom stereocenters. The van der Waals surface area contributed by atoms with Gasteiger partial charge in [0.2, 0.25) is 10.0 Å². The van der Waals surface area contributed by atoms with Gasteiger partial charge in [-0.05, 0) is 62.5 Å². The molecule has 0 bridgehead atoms. The molecule has 2 rings (SSSR count). The zero-order valence-corrected chi connectivity index (χ0v) is 13.9. The van der Waals surface area contributed by atoms with E-state index in [1.54, 1.807) is 26.2 Å². The summed E-state index contributed by atoms with van der Waals surface area (Å²) >= 11 is 0. The number of rotatable bonds is 4. The number of hydrogen-bond donors (Lipinski definition) is 2. The van der Waals surface area contributed by atoms with Crippen molar-refractivity contribution in [2.24, 2.45) is 5.92 Å². The van der Waals surface area contributed by atoms with E-state index in [2.05, 4.69) is 17.0 Å². The van der Waals surface area contributed by atoms with E-state index in [-0.39, 0.29) is 12.0 Å². The molecule has 0 amide bonds. The molecule has 1 aromatic carbocycles. The van der Waals surface area contributed by atoms with E-state index in [1.165, 1.54) is 0 Å². The minimum Gasteiger partial charge on any atom is -0.496 e. The molecule has 0 radical (unpaired) electrons. The molecule has 118 valence electrons. The molecule has 1 heterocycles. The normalized spacial score (nSPS) is 23.0. The van der Waals surface area contributed by atoms with Crippen LogP contribution in [0.2, 0.25) is 0 Å². The van der Waals surface area contributed by atoms with Crippen LogP contribution < -0.4 is 14.8 Å². The molecule has 21 heavy (non-hydrogen) atoms. The number of methoxy groups -OCH3 is 1. The fraction of sp³-hybridized carbons (Fsp3) is 0.600. The second-order valence-electron chi connectivity index (χ2n) is 5.79. The first-order valence-corrected chi connectivity index (χ1v) is 8.71. The first-order valence-electron chi connectivity index (χ1n) is 7.23. The van der Waals surface area contributed by atoms with Gasteiger partial charge >= 0.3 is 0 Å². The second kappa shape index (κ2) is 6.34. The van der Waals surface area contributed by atoms with Gasteiger partial charge in [0, 0.05) is 6.04 Å². The third-order valence-electron chi connectivity index (χ3n) is 4.07. The Morgan fingerprint density at radius 3 is 2.62 bits per heavy atom. The summed E-state index contributed by atoms with van der Waals surface area (Å²) in [7, 11) is -1.92. The summed E-state index contributed by atoms with van der Waals surface area (Å²) < 4.78 is 33.4. The van der Waals surface area contributed by atoms with Crippen molar-refractivity contribution in [2.75, 3.05) is 20.2 Å². The predicted molar refractivity (Wildman–Crippen MR) is 83.2 cm³/mol. The zero-order chi connectivity index (χ0) is 15.6. The Kier molecular flexibility index (Phi) is 4.91. The Hall–Kier alpha value is -1.11. The third kappa shape index (κ3) is 3.56. The molecular weight excluding hydrogens is 288 g/mol. The maximum absolute atomic E-state index is 12.6. The Morgan fingerprint density at radius 2 is 2.00 bits per heavy atom. The van der Waals surface area contributed by atoms with Crippen LogP contribution in [0, 0.1) is 19.8 Å². The highest BCUT2D eigenvalue weighted by atomic mass is 32.2. The fourth-order valence-electron chi connectivity index (χ4n) is 2.72. The number of piperidine rings is 1. The molecule has 1 aliphatic heterocycles. The number of ether oxygens (including phenoxy) is 1. The monoisotopic (exact) mass is 312 g/mol. The number of benzene rings is 1. The van der Waals surface area contributed by atoms with E-state index < -0.39 is 10.0 Å². The standard InChI is InChI=1S/C15H24N2O3S/c1-10-8-15(11(2)7-14(10)20-4)21(18,19)17-13-5-6-16-9-12(13)3/h7-8,12-13,16-17H,5-6,9H2,1-4H3. The highest BCUT2D eigenvalue weighted by Gasteiger charge is 2.27. The van der Waals surface area contributed by atoms with Gasteiger partial charge in [0.1, 0.15) is 5.75 Å². The lowest BCUT2D eigenvalue weighted by Gasteiger charge is -2.30. The fourth-order valence-corrected chi connectivity index (χ4v) is 4.41. The van der Waals surface area contributed by atoms with Crippen LogP contribution in [0.5, 0.6) is 5.75 Å². The largest absolute Gasteiger partial charge is 0.496 e. The van der Waals surface area contributed by atoms with Crippen molar-refractivity contribution < 1.29 is 13.2 Å². The zero-order valence-electron chi connectivity index (χ0n) is 13.1. The third-order valence-corrected chi connectivity index (χ3v) is 5.71. The van der Waals surface area contributed by atoms with E-state index in [9.17, 15) is 8.42 Å². The molecule has 0 spiro atoms. The van der Waals surface area contributed by atoms with Crippen molar-refractivity contribution in [1.29, 1.82) is 0 Å². The van der Waals surface area contributed by atoms with Crippen molar-refractivity contribution in [1.82, 2.24) is 10.0 Å².